The zero-order chi connectivity index (χ0) is 15.4. The average Bonchev–Trinajstić information content (AvgIpc) is 2.38. The Hall–Kier alpha value is -1.07. The first-order chi connectivity index (χ1) is 9.22. The summed E-state index contributed by atoms with van der Waals surface area (Å²) < 4.78 is 37.7. The minimum absolute atomic E-state index is 0.241. The second kappa shape index (κ2) is 6.59. The summed E-state index contributed by atoms with van der Waals surface area (Å²) in [6.45, 7) is 8.18. The molecule has 1 rings (SSSR count). The van der Waals surface area contributed by atoms with Crippen molar-refractivity contribution < 1.29 is 22.9 Å². The van der Waals surface area contributed by atoms with E-state index in [1.807, 2.05) is 20.8 Å². The van der Waals surface area contributed by atoms with Gasteiger partial charge in [-0.2, -0.15) is 13.2 Å². The van der Waals surface area contributed by atoms with Crippen LogP contribution in [0.1, 0.15) is 51.3 Å². The first-order valence-electron chi connectivity index (χ1n) is 6.67. The fourth-order valence-electron chi connectivity index (χ4n) is 1.81. The molecule has 0 fully saturated rings. The van der Waals surface area contributed by atoms with Crippen molar-refractivity contribution in [2.45, 2.75) is 46.4 Å². The summed E-state index contributed by atoms with van der Waals surface area (Å²) in [5.74, 6) is 0. The maximum atomic E-state index is 12.6. The molecule has 0 aromatic heterocycles. The van der Waals surface area contributed by atoms with Crippen LogP contribution >= 0.6 is 0 Å². The molecule has 1 atom stereocenters. The topological polar surface area (TPSA) is 18.5 Å². The molecule has 0 N–H and O–H groups in total. The van der Waals surface area contributed by atoms with Crippen molar-refractivity contribution in [3.05, 3.63) is 35.4 Å². The van der Waals surface area contributed by atoms with Gasteiger partial charge in [0.1, 0.15) is 6.10 Å². The third kappa shape index (κ3) is 4.21. The van der Waals surface area contributed by atoms with Crippen molar-refractivity contribution in [1.29, 1.82) is 0 Å². The monoisotopic (exact) mass is 290 g/mol. The highest BCUT2D eigenvalue weighted by Crippen LogP contribution is 2.40. The Morgan fingerprint density at radius 2 is 1.60 bits per heavy atom. The van der Waals surface area contributed by atoms with Crippen molar-refractivity contribution in [3.63, 3.8) is 0 Å². The lowest BCUT2D eigenvalue weighted by Gasteiger charge is -2.32. The molecule has 1 aromatic carbocycles. The number of alkyl halides is 3. The SMILES string of the molecule is CCOOC(c1ccc(C(F)(F)F)cc1)C(C)(C)CC. The van der Waals surface area contributed by atoms with Gasteiger partial charge in [0.15, 0.2) is 0 Å². The van der Waals surface area contributed by atoms with Crippen LogP contribution in [0, 0.1) is 5.41 Å². The van der Waals surface area contributed by atoms with E-state index in [2.05, 4.69) is 0 Å². The van der Waals surface area contributed by atoms with Crippen molar-refractivity contribution in [2.75, 3.05) is 6.61 Å². The van der Waals surface area contributed by atoms with Crippen molar-refractivity contribution in [1.82, 2.24) is 0 Å². The normalized spacial score (nSPS) is 14.3. The Kier molecular flexibility index (Phi) is 5.59. The van der Waals surface area contributed by atoms with E-state index in [-0.39, 0.29) is 5.41 Å². The van der Waals surface area contributed by atoms with Gasteiger partial charge in [0, 0.05) is 0 Å². The largest absolute Gasteiger partial charge is 0.416 e. The Balaban J connectivity index is 3.02. The van der Waals surface area contributed by atoms with Crippen molar-refractivity contribution in [3.8, 4) is 0 Å². The number of rotatable bonds is 6. The molecule has 0 spiro atoms. The summed E-state index contributed by atoms with van der Waals surface area (Å²) in [6, 6.07) is 5.04. The van der Waals surface area contributed by atoms with E-state index in [1.54, 1.807) is 6.92 Å². The summed E-state index contributed by atoms with van der Waals surface area (Å²) in [5.41, 5.74) is -0.224. The molecule has 5 heteroatoms. The van der Waals surface area contributed by atoms with E-state index in [1.165, 1.54) is 12.1 Å². The zero-order valence-corrected chi connectivity index (χ0v) is 12.3. The van der Waals surface area contributed by atoms with Gasteiger partial charge in [0.05, 0.1) is 12.2 Å². The van der Waals surface area contributed by atoms with Gasteiger partial charge in [-0.1, -0.05) is 32.9 Å². The zero-order valence-electron chi connectivity index (χ0n) is 12.3. The van der Waals surface area contributed by atoms with Gasteiger partial charge in [0.2, 0.25) is 0 Å². The molecule has 1 unspecified atom stereocenters. The Morgan fingerprint density at radius 1 is 1.05 bits per heavy atom. The molecule has 0 radical (unpaired) electrons. The lowest BCUT2D eigenvalue weighted by molar-refractivity contribution is -0.343. The average molecular weight is 290 g/mol. The van der Waals surface area contributed by atoms with Crippen molar-refractivity contribution in [2.24, 2.45) is 5.41 Å². The fraction of sp³-hybridized carbons (Fsp3) is 0.600. The molecule has 1 aromatic rings. The maximum Gasteiger partial charge on any atom is 0.416 e. The fourth-order valence-corrected chi connectivity index (χ4v) is 1.81. The highest BCUT2D eigenvalue weighted by atomic mass is 19.4. The molecule has 0 aliphatic carbocycles. The van der Waals surface area contributed by atoms with Crippen LogP contribution in [0.3, 0.4) is 0 Å². The second-order valence-electron chi connectivity index (χ2n) is 5.34. The smallest absolute Gasteiger partial charge is 0.236 e. The van der Waals surface area contributed by atoms with Crippen molar-refractivity contribution >= 4 is 0 Å². The first-order valence-corrected chi connectivity index (χ1v) is 6.67. The maximum absolute atomic E-state index is 12.6. The van der Waals surface area contributed by atoms with Gasteiger partial charge < -0.3 is 0 Å². The molecular formula is C15H21F3O2. The van der Waals surface area contributed by atoms with Gasteiger partial charge in [-0.3, -0.25) is 0 Å². The highest BCUT2D eigenvalue weighted by molar-refractivity contribution is 5.27. The van der Waals surface area contributed by atoms with Crippen LogP contribution in [0.25, 0.3) is 0 Å². The van der Waals surface area contributed by atoms with Crippen LogP contribution in [0.5, 0.6) is 0 Å². The van der Waals surface area contributed by atoms with E-state index < -0.39 is 17.8 Å². The predicted molar refractivity (Wildman–Crippen MR) is 71.0 cm³/mol. The third-order valence-electron chi connectivity index (χ3n) is 3.44. The molecule has 0 amide bonds. The molecule has 0 saturated carbocycles. The molecule has 2 nitrogen and oxygen atoms in total. The van der Waals surface area contributed by atoms with Gasteiger partial charge in [-0.25, -0.2) is 9.78 Å². The van der Waals surface area contributed by atoms with Crippen LogP contribution in [0.4, 0.5) is 13.2 Å². The lowest BCUT2D eigenvalue weighted by Crippen LogP contribution is -2.24. The number of benzene rings is 1. The highest BCUT2D eigenvalue weighted by Gasteiger charge is 2.33. The molecule has 0 aliphatic heterocycles. The van der Waals surface area contributed by atoms with Gasteiger partial charge in [-0.15, -0.1) is 0 Å². The van der Waals surface area contributed by atoms with E-state index in [0.717, 1.165) is 18.6 Å². The minimum atomic E-state index is -4.32. The quantitative estimate of drug-likeness (QED) is 0.533. The number of hydrogen-bond donors (Lipinski definition) is 0. The summed E-state index contributed by atoms with van der Waals surface area (Å²) >= 11 is 0. The number of halogens is 3. The van der Waals surface area contributed by atoms with Crippen LogP contribution in [0.15, 0.2) is 24.3 Å². The van der Waals surface area contributed by atoms with Crippen LogP contribution in [-0.2, 0) is 16.0 Å². The van der Waals surface area contributed by atoms with E-state index >= 15 is 0 Å². The van der Waals surface area contributed by atoms with E-state index in [0.29, 0.717) is 12.2 Å². The van der Waals surface area contributed by atoms with Gasteiger partial charge in [-0.05, 0) is 36.5 Å². The van der Waals surface area contributed by atoms with Gasteiger partial charge in [0.25, 0.3) is 0 Å². The molecule has 20 heavy (non-hydrogen) atoms. The third-order valence-corrected chi connectivity index (χ3v) is 3.44. The molecule has 0 heterocycles. The standard InChI is InChI=1S/C15H21F3O2/c1-5-14(3,4)13(20-19-6-2)11-7-9-12(10-8-11)15(16,17)18/h7-10,13H,5-6H2,1-4H3. The molecule has 114 valence electrons. The van der Waals surface area contributed by atoms with Crippen LogP contribution in [-0.4, -0.2) is 6.61 Å². The molecular weight excluding hydrogens is 269 g/mol. The first kappa shape index (κ1) is 17.0. The summed E-state index contributed by atoms with van der Waals surface area (Å²) in [6.07, 6.45) is -3.92. The minimum Gasteiger partial charge on any atom is -0.236 e. The molecule has 0 bridgehead atoms. The summed E-state index contributed by atoms with van der Waals surface area (Å²) in [5, 5.41) is 0. The summed E-state index contributed by atoms with van der Waals surface area (Å²) in [7, 11) is 0. The Labute approximate surface area is 117 Å². The van der Waals surface area contributed by atoms with Crippen LogP contribution < -0.4 is 0 Å². The van der Waals surface area contributed by atoms with E-state index in [4.69, 9.17) is 9.78 Å². The van der Waals surface area contributed by atoms with Gasteiger partial charge >= 0.3 is 6.18 Å². The van der Waals surface area contributed by atoms with Crippen LogP contribution in [0.2, 0.25) is 0 Å². The second-order valence-corrected chi connectivity index (χ2v) is 5.34. The predicted octanol–water partition coefficient (Wildman–Crippen LogP) is 5.15. The van der Waals surface area contributed by atoms with E-state index in [9.17, 15) is 13.2 Å². The molecule has 0 saturated heterocycles. The summed E-state index contributed by atoms with van der Waals surface area (Å²) in [4.78, 5) is 10.4. The number of hydrogen-bond acceptors (Lipinski definition) is 2. The Morgan fingerprint density at radius 3 is 2.00 bits per heavy atom. The molecule has 0 aliphatic rings. The Bertz CT molecular complexity index is 410. The lowest BCUT2D eigenvalue weighted by atomic mass is 9.80.